The van der Waals surface area contributed by atoms with Gasteiger partial charge in [-0.05, 0) is 12.3 Å². The minimum Gasteiger partial charge on any atom is -0.300 e. The van der Waals surface area contributed by atoms with Crippen LogP contribution in [0.1, 0.15) is 26.3 Å². The Morgan fingerprint density at radius 2 is 2.07 bits per heavy atom. The Balaban J connectivity index is 3.18. The molecule has 4 nitrogen and oxygen atoms in total. The molecule has 0 aliphatic rings. The van der Waals surface area contributed by atoms with Crippen LogP contribution in [-0.4, -0.2) is 9.55 Å². The summed E-state index contributed by atoms with van der Waals surface area (Å²) in [6, 6.07) is 0. The van der Waals surface area contributed by atoms with Gasteiger partial charge in [0.25, 0.3) is 5.56 Å². The molecule has 0 saturated heterocycles. The number of aromatic amines is 1. The largest absolute Gasteiger partial charge is 0.328 e. The van der Waals surface area contributed by atoms with Crippen LogP contribution in [0.15, 0.2) is 15.8 Å². The maximum absolute atomic E-state index is 11.4. The molecule has 0 atom stereocenters. The lowest BCUT2D eigenvalue weighted by molar-refractivity contribution is 0.499. The smallest absolute Gasteiger partial charge is 0.300 e. The molecule has 0 amide bonds. The Morgan fingerprint density at radius 1 is 1.43 bits per heavy atom. The fraction of sp³-hybridized carbons (Fsp3) is 0.600. The van der Waals surface area contributed by atoms with E-state index in [1.165, 1.54) is 0 Å². The van der Waals surface area contributed by atoms with Crippen molar-refractivity contribution in [2.24, 2.45) is 5.92 Å². The third kappa shape index (κ3) is 2.34. The van der Waals surface area contributed by atoms with Crippen LogP contribution in [0.25, 0.3) is 0 Å². The van der Waals surface area contributed by atoms with Crippen molar-refractivity contribution < 1.29 is 0 Å². The summed E-state index contributed by atoms with van der Waals surface area (Å²) >= 11 is 0. The van der Waals surface area contributed by atoms with Gasteiger partial charge < -0.3 is 4.57 Å². The second-order valence-electron chi connectivity index (χ2n) is 3.81. The number of hydrogen-bond donors (Lipinski definition) is 1. The van der Waals surface area contributed by atoms with E-state index < -0.39 is 0 Å². The molecule has 0 bridgehead atoms. The van der Waals surface area contributed by atoms with Crippen molar-refractivity contribution in [3.8, 4) is 0 Å². The van der Waals surface area contributed by atoms with Gasteiger partial charge in [0.2, 0.25) is 0 Å². The monoisotopic (exact) mass is 196 g/mol. The molecule has 0 fully saturated rings. The predicted octanol–water partition coefficient (Wildman–Crippen LogP) is 0.755. The lowest BCUT2D eigenvalue weighted by Gasteiger charge is -2.08. The molecule has 0 aromatic carbocycles. The highest BCUT2D eigenvalue weighted by molar-refractivity contribution is 5.03. The maximum atomic E-state index is 11.4. The van der Waals surface area contributed by atoms with Crippen LogP contribution in [0, 0.1) is 5.92 Å². The summed E-state index contributed by atoms with van der Waals surface area (Å²) < 4.78 is 1.56. The number of nitrogens with one attached hydrogen (secondary N) is 1. The van der Waals surface area contributed by atoms with Gasteiger partial charge in [-0.15, -0.1) is 0 Å². The third-order valence-corrected chi connectivity index (χ3v) is 2.03. The summed E-state index contributed by atoms with van der Waals surface area (Å²) in [7, 11) is 0. The SMILES string of the molecule is CCc1cn(CC(C)C)c(=O)[nH]c1=O. The first-order chi connectivity index (χ1) is 6.54. The molecule has 1 aromatic rings. The highest BCUT2D eigenvalue weighted by Crippen LogP contribution is 1.96. The summed E-state index contributed by atoms with van der Waals surface area (Å²) in [6.45, 7) is 6.60. The van der Waals surface area contributed by atoms with E-state index in [0.29, 0.717) is 24.4 Å². The molecule has 0 unspecified atom stereocenters. The van der Waals surface area contributed by atoms with Gasteiger partial charge in [-0.25, -0.2) is 4.79 Å². The number of hydrogen-bond acceptors (Lipinski definition) is 2. The van der Waals surface area contributed by atoms with Crippen molar-refractivity contribution in [1.82, 2.24) is 9.55 Å². The summed E-state index contributed by atoms with van der Waals surface area (Å²) in [5, 5.41) is 0. The molecular formula is C10H16N2O2. The fourth-order valence-corrected chi connectivity index (χ4v) is 1.34. The topological polar surface area (TPSA) is 54.9 Å². The molecule has 0 aliphatic carbocycles. The van der Waals surface area contributed by atoms with Crippen molar-refractivity contribution in [1.29, 1.82) is 0 Å². The second kappa shape index (κ2) is 4.26. The Kier molecular flexibility index (Phi) is 3.28. The Bertz CT molecular complexity index is 415. The minimum absolute atomic E-state index is 0.266. The van der Waals surface area contributed by atoms with Crippen LogP contribution in [-0.2, 0) is 13.0 Å². The van der Waals surface area contributed by atoms with Crippen molar-refractivity contribution in [2.45, 2.75) is 33.7 Å². The van der Waals surface area contributed by atoms with Crippen LogP contribution in [0.3, 0.4) is 0 Å². The fourth-order valence-electron chi connectivity index (χ4n) is 1.34. The van der Waals surface area contributed by atoms with Crippen LogP contribution in [0.5, 0.6) is 0 Å². The average Bonchev–Trinajstić information content (AvgIpc) is 2.09. The lowest BCUT2D eigenvalue weighted by Crippen LogP contribution is -2.32. The van der Waals surface area contributed by atoms with Gasteiger partial charge in [0.05, 0.1) is 0 Å². The van der Waals surface area contributed by atoms with E-state index in [1.807, 2.05) is 20.8 Å². The first kappa shape index (κ1) is 10.8. The predicted molar refractivity (Wildman–Crippen MR) is 55.5 cm³/mol. The Labute approximate surface area is 82.6 Å². The van der Waals surface area contributed by atoms with Crippen LogP contribution >= 0.6 is 0 Å². The van der Waals surface area contributed by atoms with Crippen LogP contribution in [0.2, 0.25) is 0 Å². The van der Waals surface area contributed by atoms with Crippen molar-refractivity contribution >= 4 is 0 Å². The van der Waals surface area contributed by atoms with Crippen molar-refractivity contribution in [2.75, 3.05) is 0 Å². The van der Waals surface area contributed by atoms with Gasteiger partial charge >= 0.3 is 5.69 Å². The van der Waals surface area contributed by atoms with E-state index in [0.717, 1.165) is 0 Å². The molecule has 4 heteroatoms. The van der Waals surface area contributed by atoms with Crippen LogP contribution in [0.4, 0.5) is 0 Å². The summed E-state index contributed by atoms with van der Waals surface area (Å²) in [6.07, 6.45) is 2.30. The van der Waals surface area contributed by atoms with E-state index in [2.05, 4.69) is 4.98 Å². The molecule has 14 heavy (non-hydrogen) atoms. The van der Waals surface area contributed by atoms with E-state index >= 15 is 0 Å². The van der Waals surface area contributed by atoms with E-state index in [9.17, 15) is 9.59 Å². The Morgan fingerprint density at radius 3 is 2.57 bits per heavy atom. The molecule has 0 aliphatic heterocycles. The maximum Gasteiger partial charge on any atom is 0.328 e. The van der Waals surface area contributed by atoms with Gasteiger partial charge in [0.15, 0.2) is 0 Å². The van der Waals surface area contributed by atoms with E-state index in [4.69, 9.17) is 0 Å². The number of aryl methyl sites for hydroxylation is 1. The summed E-state index contributed by atoms with van der Waals surface area (Å²) in [5.41, 5.74) is 0.0728. The van der Waals surface area contributed by atoms with Gasteiger partial charge in [-0.3, -0.25) is 9.78 Å². The lowest BCUT2D eigenvalue weighted by atomic mass is 10.2. The standard InChI is InChI=1S/C10H16N2O2/c1-4-8-6-12(5-7(2)3)10(14)11-9(8)13/h6-7H,4-5H2,1-3H3,(H,11,13,14). The average molecular weight is 196 g/mol. The zero-order valence-corrected chi connectivity index (χ0v) is 8.83. The molecule has 1 aromatic heterocycles. The first-order valence-electron chi connectivity index (χ1n) is 4.87. The highest BCUT2D eigenvalue weighted by atomic mass is 16.2. The minimum atomic E-state index is -0.319. The normalized spacial score (nSPS) is 10.9. The molecular weight excluding hydrogens is 180 g/mol. The van der Waals surface area contributed by atoms with E-state index in [-0.39, 0.29) is 11.2 Å². The van der Waals surface area contributed by atoms with Gasteiger partial charge in [-0.2, -0.15) is 0 Å². The number of nitrogens with zero attached hydrogens (tertiary/aromatic N) is 1. The first-order valence-corrected chi connectivity index (χ1v) is 4.87. The molecule has 1 heterocycles. The summed E-state index contributed by atoms with van der Waals surface area (Å²) in [5.74, 6) is 0.392. The molecule has 0 saturated carbocycles. The van der Waals surface area contributed by atoms with Crippen molar-refractivity contribution in [3.63, 3.8) is 0 Å². The highest BCUT2D eigenvalue weighted by Gasteiger charge is 2.03. The van der Waals surface area contributed by atoms with Gasteiger partial charge in [0, 0.05) is 18.3 Å². The molecule has 0 radical (unpaired) electrons. The molecule has 1 rings (SSSR count). The van der Waals surface area contributed by atoms with Crippen LogP contribution < -0.4 is 11.2 Å². The van der Waals surface area contributed by atoms with Gasteiger partial charge in [-0.1, -0.05) is 20.8 Å². The number of H-pyrrole nitrogens is 1. The molecule has 78 valence electrons. The second-order valence-corrected chi connectivity index (χ2v) is 3.81. The Hall–Kier alpha value is -1.32. The zero-order valence-electron chi connectivity index (χ0n) is 8.83. The third-order valence-electron chi connectivity index (χ3n) is 2.03. The van der Waals surface area contributed by atoms with E-state index in [1.54, 1.807) is 10.8 Å². The van der Waals surface area contributed by atoms with Crippen molar-refractivity contribution in [3.05, 3.63) is 32.6 Å². The number of aromatic nitrogens is 2. The quantitative estimate of drug-likeness (QED) is 0.775. The molecule has 0 spiro atoms. The molecule has 1 N–H and O–H groups in total. The summed E-state index contributed by atoms with van der Waals surface area (Å²) in [4.78, 5) is 24.9. The number of rotatable bonds is 3. The van der Waals surface area contributed by atoms with Gasteiger partial charge in [0.1, 0.15) is 0 Å². The zero-order chi connectivity index (χ0) is 10.7.